The van der Waals surface area contributed by atoms with Crippen molar-refractivity contribution in [1.82, 2.24) is 34.5 Å². The Morgan fingerprint density at radius 2 is 1.54 bits per heavy atom. The maximum atomic E-state index is 13.1. The largest absolute Gasteiger partial charge is 0.347 e. The van der Waals surface area contributed by atoms with Crippen molar-refractivity contribution in [2.75, 3.05) is 26.2 Å². The van der Waals surface area contributed by atoms with Crippen molar-refractivity contribution < 1.29 is 8.42 Å². The Balaban J connectivity index is 1.49. The third-order valence-electron chi connectivity index (χ3n) is 5.81. The lowest BCUT2D eigenvalue weighted by atomic mass is 10.1. The van der Waals surface area contributed by atoms with Crippen LogP contribution < -0.4 is 5.32 Å². The van der Waals surface area contributed by atoms with Gasteiger partial charge in [-0.1, -0.05) is 38.1 Å². The molecule has 10 heteroatoms. The van der Waals surface area contributed by atoms with Gasteiger partial charge in [-0.3, -0.25) is 0 Å². The second-order valence-corrected chi connectivity index (χ2v) is 10.6. The molecule has 0 aliphatic heterocycles. The molecule has 0 radical (unpaired) electrons. The summed E-state index contributed by atoms with van der Waals surface area (Å²) < 4.78 is 27.6. The van der Waals surface area contributed by atoms with Crippen molar-refractivity contribution in [3.63, 3.8) is 0 Å². The molecule has 192 valence electrons. The first-order chi connectivity index (χ1) is 17.0. The molecule has 3 N–H and O–H groups in total. The number of nitrogens with one attached hydrogen (secondary N) is 3. The van der Waals surface area contributed by atoms with Gasteiger partial charge in [-0.15, -0.1) is 0 Å². The zero-order valence-electron chi connectivity index (χ0n) is 20.9. The van der Waals surface area contributed by atoms with Crippen LogP contribution in [0.25, 0.3) is 0 Å². The van der Waals surface area contributed by atoms with E-state index in [1.54, 1.807) is 12.4 Å². The highest BCUT2D eigenvalue weighted by atomic mass is 32.2. The standard InChI is InChI=1S/C25H39N7O2S/c1-3-16-31(17-4-2)18-6-5-11-26-19-22-7-9-23(10-8-22)20-32(21-24-27-12-13-28-24)35(33,34)25-29-14-15-30-25/h7-10,12-15,26H,3-6,11,16-21H2,1-2H3,(H,27,28)(H,29,30). The number of nitrogens with zero attached hydrogens (tertiary/aromatic N) is 4. The Morgan fingerprint density at radius 1 is 0.857 bits per heavy atom. The number of aromatic amines is 2. The molecule has 0 spiro atoms. The average Bonchev–Trinajstić information content (AvgIpc) is 3.57. The van der Waals surface area contributed by atoms with Crippen LogP contribution in [-0.2, 0) is 29.7 Å². The molecule has 0 saturated carbocycles. The van der Waals surface area contributed by atoms with E-state index in [0.29, 0.717) is 5.82 Å². The predicted octanol–water partition coefficient (Wildman–Crippen LogP) is 3.52. The van der Waals surface area contributed by atoms with Crippen LogP contribution in [0.4, 0.5) is 0 Å². The molecule has 9 nitrogen and oxygen atoms in total. The Hall–Kier alpha value is -2.53. The highest BCUT2D eigenvalue weighted by molar-refractivity contribution is 7.88. The minimum Gasteiger partial charge on any atom is -0.347 e. The number of benzene rings is 1. The van der Waals surface area contributed by atoms with Crippen LogP contribution in [0.15, 0.2) is 54.2 Å². The van der Waals surface area contributed by atoms with Crippen LogP contribution in [0.2, 0.25) is 0 Å². The number of H-pyrrole nitrogens is 2. The minimum absolute atomic E-state index is 0.0719. The van der Waals surface area contributed by atoms with Gasteiger partial charge >= 0.3 is 0 Å². The first-order valence-corrected chi connectivity index (χ1v) is 14.0. The molecule has 0 bridgehead atoms. The molecular weight excluding hydrogens is 462 g/mol. The Bertz CT molecular complexity index is 1050. The Morgan fingerprint density at radius 3 is 2.17 bits per heavy atom. The van der Waals surface area contributed by atoms with Gasteiger partial charge in [-0.2, -0.15) is 4.31 Å². The van der Waals surface area contributed by atoms with E-state index < -0.39 is 10.0 Å². The zero-order valence-corrected chi connectivity index (χ0v) is 21.7. The van der Waals surface area contributed by atoms with Gasteiger partial charge in [-0.05, 0) is 63.0 Å². The summed E-state index contributed by atoms with van der Waals surface area (Å²) in [4.78, 5) is 16.4. The molecule has 0 aliphatic carbocycles. The lowest BCUT2D eigenvalue weighted by molar-refractivity contribution is 0.268. The summed E-state index contributed by atoms with van der Waals surface area (Å²) >= 11 is 0. The second-order valence-electron chi connectivity index (χ2n) is 8.75. The summed E-state index contributed by atoms with van der Waals surface area (Å²) in [5, 5.41) is 3.45. The summed E-state index contributed by atoms with van der Waals surface area (Å²) in [5.74, 6) is 0.577. The van der Waals surface area contributed by atoms with Gasteiger partial charge in [0.2, 0.25) is 5.16 Å². The van der Waals surface area contributed by atoms with Crippen LogP contribution in [-0.4, -0.2) is 63.7 Å². The van der Waals surface area contributed by atoms with Gasteiger partial charge in [0.15, 0.2) is 0 Å². The lowest BCUT2D eigenvalue weighted by Crippen LogP contribution is -2.31. The van der Waals surface area contributed by atoms with Crippen LogP contribution in [0.3, 0.4) is 0 Å². The van der Waals surface area contributed by atoms with E-state index >= 15 is 0 Å². The van der Waals surface area contributed by atoms with E-state index in [2.05, 4.69) is 56.1 Å². The van der Waals surface area contributed by atoms with Gasteiger partial charge in [0.1, 0.15) is 5.82 Å². The first kappa shape index (κ1) is 27.1. The molecule has 0 aliphatic rings. The molecular formula is C25H39N7O2S. The van der Waals surface area contributed by atoms with E-state index in [4.69, 9.17) is 0 Å². The zero-order chi connectivity index (χ0) is 24.9. The normalized spacial score (nSPS) is 12.1. The quantitative estimate of drug-likeness (QED) is 0.244. The highest BCUT2D eigenvalue weighted by Crippen LogP contribution is 2.18. The Labute approximate surface area is 209 Å². The third kappa shape index (κ3) is 8.57. The fourth-order valence-corrected chi connectivity index (χ4v) is 5.31. The first-order valence-electron chi connectivity index (χ1n) is 12.5. The van der Waals surface area contributed by atoms with Gasteiger partial charge in [-0.25, -0.2) is 18.4 Å². The van der Waals surface area contributed by atoms with Crippen molar-refractivity contribution >= 4 is 10.0 Å². The van der Waals surface area contributed by atoms with Crippen molar-refractivity contribution in [1.29, 1.82) is 0 Å². The molecule has 2 aromatic heterocycles. The van der Waals surface area contributed by atoms with Crippen LogP contribution in [0.1, 0.15) is 56.5 Å². The molecule has 0 unspecified atom stereocenters. The molecule has 0 saturated heterocycles. The van der Waals surface area contributed by atoms with E-state index in [0.717, 1.165) is 25.1 Å². The van der Waals surface area contributed by atoms with Crippen LogP contribution in [0.5, 0.6) is 0 Å². The van der Waals surface area contributed by atoms with Crippen LogP contribution in [0, 0.1) is 0 Å². The van der Waals surface area contributed by atoms with Crippen molar-refractivity contribution in [2.45, 2.75) is 64.3 Å². The van der Waals surface area contributed by atoms with Crippen molar-refractivity contribution in [3.8, 4) is 0 Å². The number of imidazole rings is 2. The maximum Gasteiger partial charge on any atom is 0.277 e. The molecule has 0 amide bonds. The summed E-state index contributed by atoms with van der Waals surface area (Å²) in [7, 11) is -3.79. The molecule has 0 atom stereocenters. The van der Waals surface area contributed by atoms with E-state index in [1.165, 1.54) is 61.2 Å². The minimum atomic E-state index is -3.79. The summed E-state index contributed by atoms with van der Waals surface area (Å²) in [6.45, 7) is 10.2. The number of unbranched alkanes of at least 4 members (excludes halogenated alkanes) is 1. The lowest BCUT2D eigenvalue weighted by Gasteiger charge is -2.20. The van der Waals surface area contributed by atoms with Crippen molar-refractivity contribution in [2.24, 2.45) is 0 Å². The van der Waals surface area contributed by atoms with Gasteiger partial charge in [0.05, 0.1) is 6.54 Å². The molecule has 3 rings (SSSR count). The van der Waals surface area contributed by atoms with Gasteiger partial charge in [0.25, 0.3) is 10.0 Å². The van der Waals surface area contributed by atoms with E-state index in [9.17, 15) is 8.42 Å². The summed E-state index contributed by atoms with van der Waals surface area (Å²) in [6, 6.07) is 8.07. The molecule has 0 fully saturated rings. The number of hydrogen-bond donors (Lipinski definition) is 3. The fourth-order valence-electron chi connectivity index (χ4n) is 4.04. The molecule has 3 aromatic rings. The van der Waals surface area contributed by atoms with Gasteiger partial charge in [0, 0.05) is 37.9 Å². The number of aromatic nitrogens is 4. The average molecular weight is 502 g/mol. The van der Waals surface area contributed by atoms with Crippen LogP contribution >= 0.6 is 0 Å². The molecule has 2 heterocycles. The topological polar surface area (TPSA) is 110 Å². The maximum absolute atomic E-state index is 13.1. The fraction of sp³-hybridized carbons (Fsp3) is 0.520. The Kier molecular flexibility index (Phi) is 10.9. The summed E-state index contributed by atoms with van der Waals surface area (Å²) in [6.07, 6.45) is 11.0. The predicted molar refractivity (Wildman–Crippen MR) is 138 cm³/mol. The smallest absolute Gasteiger partial charge is 0.277 e. The summed E-state index contributed by atoms with van der Waals surface area (Å²) in [5.41, 5.74) is 2.08. The van der Waals surface area contributed by atoms with Gasteiger partial charge < -0.3 is 20.2 Å². The number of rotatable bonds is 17. The number of sulfonamides is 1. The third-order valence-corrected chi connectivity index (χ3v) is 7.46. The molecule has 1 aromatic carbocycles. The highest BCUT2D eigenvalue weighted by Gasteiger charge is 2.27. The second kappa shape index (κ2) is 14.1. The van der Waals surface area contributed by atoms with Crippen molar-refractivity contribution in [3.05, 3.63) is 66.0 Å². The molecule has 35 heavy (non-hydrogen) atoms. The van der Waals surface area contributed by atoms with E-state index in [-0.39, 0.29) is 18.2 Å². The monoisotopic (exact) mass is 501 g/mol. The van der Waals surface area contributed by atoms with E-state index in [1.807, 2.05) is 12.1 Å². The SMILES string of the molecule is CCCN(CCC)CCCCNCc1ccc(CN(Cc2ncc[nH]2)S(=O)(=O)c2ncc[nH]2)cc1. The number of hydrogen-bond acceptors (Lipinski definition) is 6.